The van der Waals surface area contributed by atoms with Crippen LogP contribution in [0.15, 0.2) is 29.1 Å². The number of H-pyrrole nitrogens is 1. The van der Waals surface area contributed by atoms with Gasteiger partial charge in [-0.25, -0.2) is 4.98 Å². The van der Waals surface area contributed by atoms with Crippen molar-refractivity contribution < 1.29 is 4.74 Å². The van der Waals surface area contributed by atoms with E-state index in [-0.39, 0.29) is 5.56 Å². The van der Waals surface area contributed by atoms with E-state index in [1.807, 2.05) is 12.1 Å². The first-order chi connectivity index (χ1) is 10.2. The molecular formula is C15H18N4O2. The van der Waals surface area contributed by atoms with Crippen LogP contribution in [-0.4, -0.2) is 17.1 Å². The van der Waals surface area contributed by atoms with Crippen molar-refractivity contribution in [2.75, 3.05) is 18.2 Å². The third-order valence-corrected chi connectivity index (χ3v) is 3.49. The van der Waals surface area contributed by atoms with Gasteiger partial charge in [0.25, 0.3) is 5.56 Å². The monoisotopic (exact) mass is 286 g/mol. The lowest BCUT2D eigenvalue weighted by molar-refractivity contribution is 0.410. The van der Waals surface area contributed by atoms with E-state index in [1.165, 1.54) is 6.07 Å². The van der Waals surface area contributed by atoms with Crippen molar-refractivity contribution in [2.24, 2.45) is 0 Å². The molecule has 1 fully saturated rings. The molecule has 1 heterocycles. The molecule has 1 aliphatic rings. The Morgan fingerprint density at radius 3 is 2.95 bits per heavy atom. The van der Waals surface area contributed by atoms with Crippen molar-refractivity contribution >= 4 is 11.5 Å². The summed E-state index contributed by atoms with van der Waals surface area (Å²) in [6.07, 6.45) is 2.19. The van der Waals surface area contributed by atoms with Crippen LogP contribution >= 0.6 is 0 Å². The van der Waals surface area contributed by atoms with Crippen molar-refractivity contribution in [2.45, 2.75) is 25.3 Å². The number of hydrogen-bond acceptors (Lipinski definition) is 5. The molecule has 1 aliphatic carbocycles. The first kappa shape index (κ1) is 13.5. The molecular weight excluding hydrogens is 268 g/mol. The maximum absolute atomic E-state index is 11.7. The zero-order valence-electron chi connectivity index (χ0n) is 11.8. The Balaban J connectivity index is 1.78. The smallest absolute Gasteiger partial charge is 0.252 e. The van der Waals surface area contributed by atoms with Gasteiger partial charge in [-0.05, 0) is 31.0 Å². The highest BCUT2D eigenvalue weighted by Gasteiger charge is 2.26. The molecule has 0 amide bonds. The summed E-state index contributed by atoms with van der Waals surface area (Å²) in [6, 6.07) is 6.93. The zero-order valence-corrected chi connectivity index (χ0v) is 11.8. The van der Waals surface area contributed by atoms with E-state index in [0.29, 0.717) is 24.0 Å². The Bertz CT molecular complexity index is 707. The predicted octanol–water partition coefficient (Wildman–Crippen LogP) is 1.85. The normalized spacial score (nSPS) is 14.0. The second-order valence-electron chi connectivity index (χ2n) is 5.21. The van der Waals surface area contributed by atoms with E-state index in [0.717, 1.165) is 30.0 Å². The molecule has 2 aromatic rings. The van der Waals surface area contributed by atoms with Gasteiger partial charge in [-0.1, -0.05) is 0 Å². The van der Waals surface area contributed by atoms with Crippen LogP contribution in [0.4, 0.5) is 11.5 Å². The molecule has 110 valence electrons. The highest BCUT2D eigenvalue weighted by molar-refractivity contribution is 5.49. The minimum absolute atomic E-state index is 0.131. The van der Waals surface area contributed by atoms with Crippen molar-refractivity contribution in [1.82, 2.24) is 9.97 Å². The van der Waals surface area contributed by atoms with Crippen molar-refractivity contribution in [3.05, 3.63) is 46.0 Å². The van der Waals surface area contributed by atoms with E-state index in [1.54, 1.807) is 13.2 Å². The lowest BCUT2D eigenvalue weighted by Gasteiger charge is -2.11. The number of anilines is 2. The molecule has 1 saturated carbocycles. The standard InChI is InChI=1S/C15H18N4O2/c1-21-12-5-4-11(16)6-10(12)8-17-13-7-14(20)19-15(18-13)9-2-3-9/h4-7,9H,2-3,8,16H2,1H3,(H2,17,18,19,20). The summed E-state index contributed by atoms with van der Waals surface area (Å²) in [4.78, 5) is 18.9. The van der Waals surface area contributed by atoms with Gasteiger partial charge in [0.15, 0.2) is 0 Å². The summed E-state index contributed by atoms with van der Waals surface area (Å²) in [7, 11) is 1.62. The number of ether oxygens (including phenoxy) is 1. The summed E-state index contributed by atoms with van der Waals surface area (Å²) >= 11 is 0. The van der Waals surface area contributed by atoms with Gasteiger partial charge in [-0.2, -0.15) is 0 Å². The average Bonchev–Trinajstić information content (AvgIpc) is 3.29. The molecule has 4 N–H and O–H groups in total. The van der Waals surface area contributed by atoms with E-state index in [9.17, 15) is 4.79 Å². The molecule has 0 aliphatic heterocycles. The molecule has 6 heteroatoms. The number of benzene rings is 1. The molecule has 0 spiro atoms. The quantitative estimate of drug-likeness (QED) is 0.729. The molecule has 0 unspecified atom stereocenters. The van der Waals surface area contributed by atoms with Crippen LogP contribution < -0.4 is 21.3 Å². The summed E-state index contributed by atoms with van der Waals surface area (Å²) in [5, 5.41) is 3.16. The van der Waals surface area contributed by atoms with Crippen molar-refractivity contribution in [3.63, 3.8) is 0 Å². The number of nitrogens with two attached hydrogens (primary N) is 1. The summed E-state index contributed by atoms with van der Waals surface area (Å²) < 4.78 is 5.30. The average molecular weight is 286 g/mol. The fourth-order valence-electron chi connectivity index (χ4n) is 2.24. The number of hydrogen-bond donors (Lipinski definition) is 3. The van der Waals surface area contributed by atoms with Crippen LogP contribution in [0.2, 0.25) is 0 Å². The van der Waals surface area contributed by atoms with Crippen LogP contribution in [0, 0.1) is 0 Å². The first-order valence-electron chi connectivity index (χ1n) is 6.93. The topological polar surface area (TPSA) is 93.0 Å². The fraction of sp³-hybridized carbons (Fsp3) is 0.333. The predicted molar refractivity (Wildman–Crippen MR) is 81.6 cm³/mol. The Morgan fingerprint density at radius 2 is 2.24 bits per heavy atom. The molecule has 0 bridgehead atoms. The largest absolute Gasteiger partial charge is 0.496 e. The van der Waals surface area contributed by atoms with E-state index in [4.69, 9.17) is 10.5 Å². The molecule has 0 saturated heterocycles. The van der Waals surface area contributed by atoms with E-state index >= 15 is 0 Å². The van der Waals surface area contributed by atoms with E-state index < -0.39 is 0 Å². The molecule has 21 heavy (non-hydrogen) atoms. The minimum Gasteiger partial charge on any atom is -0.496 e. The van der Waals surface area contributed by atoms with Gasteiger partial charge >= 0.3 is 0 Å². The Hall–Kier alpha value is -2.50. The number of nitrogens with one attached hydrogen (secondary N) is 2. The molecule has 0 atom stereocenters. The molecule has 1 aromatic heterocycles. The Labute approximate surface area is 122 Å². The first-order valence-corrected chi connectivity index (χ1v) is 6.93. The number of nitrogens with zero attached hydrogens (tertiary/aromatic N) is 1. The fourth-order valence-corrected chi connectivity index (χ4v) is 2.24. The van der Waals surface area contributed by atoms with Gasteiger partial charge in [-0.3, -0.25) is 4.79 Å². The third kappa shape index (κ3) is 3.16. The molecule has 0 radical (unpaired) electrons. The van der Waals surface area contributed by atoms with Crippen molar-refractivity contribution in [3.8, 4) is 5.75 Å². The zero-order chi connectivity index (χ0) is 14.8. The van der Waals surface area contributed by atoms with Crippen LogP contribution in [0.1, 0.15) is 30.1 Å². The number of aromatic nitrogens is 2. The maximum atomic E-state index is 11.7. The molecule has 6 nitrogen and oxygen atoms in total. The van der Waals surface area contributed by atoms with E-state index in [2.05, 4.69) is 15.3 Å². The van der Waals surface area contributed by atoms with Crippen LogP contribution in [-0.2, 0) is 6.54 Å². The highest BCUT2D eigenvalue weighted by atomic mass is 16.5. The van der Waals surface area contributed by atoms with Gasteiger partial charge in [0.1, 0.15) is 17.4 Å². The maximum Gasteiger partial charge on any atom is 0.252 e. The Kier molecular flexibility index (Phi) is 3.51. The van der Waals surface area contributed by atoms with Crippen LogP contribution in [0.5, 0.6) is 5.75 Å². The number of rotatable bonds is 5. The number of aromatic amines is 1. The minimum atomic E-state index is -0.131. The molecule has 3 rings (SSSR count). The SMILES string of the molecule is COc1ccc(N)cc1CNc1cc(=O)[nH]c(C2CC2)n1. The number of methoxy groups -OCH3 is 1. The third-order valence-electron chi connectivity index (χ3n) is 3.49. The van der Waals surface area contributed by atoms with Crippen molar-refractivity contribution in [1.29, 1.82) is 0 Å². The second kappa shape index (κ2) is 5.47. The van der Waals surface area contributed by atoms with Gasteiger partial charge in [0, 0.05) is 29.8 Å². The number of nitrogen functional groups attached to an aromatic ring is 1. The summed E-state index contributed by atoms with van der Waals surface area (Å²) in [5.41, 5.74) is 7.26. The van der Waals surface area contributed by atoms with Crippen LogP contribution in [0.25, 0.3) is 0 Å². The van der Waals surface area contributed by atoms with Gasteiger partial charge < -0.3 is 20.8 Å². The van der Waals surface area contributed by atoms with Crippen LogP contribution in [0.3, 0.4) is 0 Å². The highest BCUT2D eigenvalue weighted by Crippen LogP contribution is 2.37. The Morgan fingerprint density at radius 1 is 1.43 bits per heavy atom. The van der Waals surface area contributed by atoms with Gasteiger partial charge in [-0.15, -0.1) is 0 Å². The second-order valence-corrected chi connectivity index (χ2v) is 5.21. The lowest BCUT2D eigenvalue weighted by atomic mass is 10.2. The summed E-state index contributed by atoms with van der Waals surface area (Å²) in [5.74, 6) is 2.50. The summed E-state index contributed by atoms with van der Waals surface area (Å²) in [6.45, 7) is 0.495. The van der Waals surface area contributed by atoms with Gasteiger partial charge in [0.2, 0.25) is 0 Å². The lowest BCUT2D eigenvalue weighted by Crippen LogP contribution is -2.13. The molecule has 1 aromatic carbocycles. The van der Waals surface area contributed by atoms with Gasteiger partial charge in [0.05, 0.1) is 7.11 Å².